The Morgan fingerprint density at radius 1 is 0.955 bits per heavy atom. The smallest absolute Gasteiger partial charge is 0.123 e. The van der Waals surface area contributed by atoms with E-state index in [-0.39, 0.29) is 5.82 Å². The molecule has 0 bridgehead atoms. The first-order valence-electron chi connectivity index (χ1n) is 7.98. The fourth-order valence-corrected chi connectivity index (χ4v) is 3.96. The summed E-state index contributed by atoms with van der Waals surface area (Å²) >= 11 is 0. The lowest BCUT2D eigenvalue weighted by atomic mass is 10.0. The quantitative estimate of drug-likeness (QED) is 0.865. The van der Waals surface area contributed by atoms with Crippen molar-refractivity contribution in [1.82, 2.24) is 9.80 Å². The number of rotatable bonds is 4. The second kappa shape index (κ2) is 5.86. The molecule has 0 spiro atoms. The third kappa shape index (κ3) is 2.94. The van der Waals surface area contributed by atoms with Gasteiger partial charge in [0.2, 0.25) is 0 Å². The molecule has 4 rings (SSSR count). The molecule has 3 heterocycles. The first-order chi connectivity index (χ1) is 10.8. The lowest BCUT2D eigenvalue weighted by Gasteiger charge is -2.20. The van der Waals surface area contributed by atoms with Crippen molar-refractivity contribution in [2.75, 3.05) is 26.2 Å². The Morgan fingerprint density at radius 2 is 1.68 bits per heavy atom. The summed E-state index contributed by atoms with van der Waals surface area (Å²) in [7, 11) is 0. The summed E-state index contributed by atoms with van der Waals surface area (Å²) in [6, 6.07) is 11.0. The molecule has 3 nitrogen and oxygen atoms in total. The van der Waals surface area contributed by atoms with E-state index in [2.05, 4.69) is 9.80 Å². The second-order valence-electron chi connectivity index (χ2n) is 6.62. The van der Waals surface area contributed by atoms with Crippen LogP contribution in [0.1, 0.15) is 11.3 Å². The number of furan rings is 1. The summed E-state index contributed by atoms with van der Waals surface area (Å²) in [5, 5.41) is 0. The van der Waals surface area contributed by atoms with Gasteiger partial charge < -0.3 is 4.42 Å². The molecule has 0 N–H and O–H groups in total. The molecular formula is C18H21FN2O. The van der Waals surface area contributed by atoms with Crippen molar-refractivity contribution in [2.45, 2.75) is 13.1 Å². The van der Waals surface area contributed by atoms with Crippen LogP contribution in [-0.4, -0.2) is 36.0 Å². The van der Waals surface area contributed by atoms with Crippen molar-refractivity contribution in [3.05, 3.63) is 59.8 Å². The van der Waals surface area contributed by atoms with Crippen LogP contribution in [0, 0.1) is 17.7 Å². The van der Waals surface area contributed by atoms with Crippen molar-refractivity contribution in [3.63, 3.8) is 0 Å². The summed E-state index contributed by atoms with van der Waals surface area (Å²) < 4.78 is 18.7. The molecule has 2 aliphatic rings. The lowest BCUT2D eigenvalue weighted by Crippen LogP contribution is -2.28. The normalized spacial score (nSPS) is 25.7. The zero-order chi connectivity index (χ0) is 14.9. The van der Waals surface area contributed by atoms with E-state index in [1.165, 1.54) is 6.07 Å². The Morgan fingerprint density at radius 3 is 2.32 bits per heavy atom. The van der Waals surface area contributed by atoms with Gasteiger partial charge in [0.05, 0.1) is 12.8 Å². The highest BCUT2D eigenvalue weighted by atomic mass is 19.1. The van der Waals surface area contributed by atoms with E-state index in [4.69, 9.17) is 4.42 Å². The summed E-state index contributed by atoms with van der Waals surface area (Å²) in [6.07, 6.45) is 1.74. The van der Waals surface area contributed by atoms with Crippen LogP contribution in [-0.2, 0) is 13.1 Å². The molecule has 0 unspecified atom stereocenters. The molecule has 116 valence electrons. The molecule has 0 radical (unpaired) electrons. The Kier molecular flexibility index (Phi) is 3.72. The van der Waals surface area contributed by atoms with Crippen LogP contribution in [0.2, 0.25) is 0 Å². The zero-order valence-corrected chi connectivity index (χ0v) is 12.6. The maximum absolute atomic E-state index is 13.3. The number of halogens is 1. The van der Waals surface area contributed by atoms with Crippen molar-refractivity contribution < 1.29 is 8.81 Å². The largest absolute Gasteiger partial charge is 0.468 e. The summed E-state index contributed by atoms with van der Waals surface area (Å²) in [5.41, 5.74) is 1.08. The average molecular weight is 300 g/mol. The molecular weight excluding hydrogens is 279 g/mol. The van der Waals surface area contributed by atoms with Crippen LogP contribution in [0.3, 0.4) is 0 Å². The van der Waals surface area contributed by atoms with E-state index < -0.39 is 0 Å². The Labute approximate surface area is 130 Å². The zero-order valence-electron chi connectivity index (χ0n) is 12.6. The van der Waals surface area contributed by atoms with Crippen molar-refractivity contribution in [3.8, 4) is 0 Å². The predicted octanol–water partition coefficient (Wildman–Crippen LogP) is 2.98. The summed E-state index contributed by atoms with van der Waals surface area (Å²) in [4.78, 5) is 4.96. The van der Waals surface area contributed by atoms with Crippen LogP contribution < -0.4 is 0 Å². The Balaban J connectivity index is 1.32. The molecule has 2 aromatic rings. The third-order valence-corrected chi connectivity index (χ3v) is 4.89. The molecule has 2 atom stereocenters. The van der Waals surface area contributed by atoms with E-state index >= 15 is 0 Å². The molecule has 0 saturated carbocycles. The summed E-state index contributed by atoms with van der Waals surface area (Å²) in [6.45, 7) is 6.31. The average Bonchev–Trinajstić information content (AvgIpc) is 3.16. The maximum Gasteiger partial charge on any atom is 0.123 e. The highest BCUT2D eigenvalue weighted by Gasteiger charge is 2.39. The molecule has 1 aromatic heterocycles. The predicted molar refractivity (Wildman–Crippen MR) is 82.6 cm³/mol. The van der Waals surface area contributed by atoms with Gasteiger partial charge in [-0.25, -0.2) is 4.39 Å². The van der Waals surface area contributed by atoms with Gasteiger partial charge in [0.25, 0.3) is 0 Å². The molecule has 22 heavy (non-hydrogen) atoms. The van der Waals surface area contributed by atoms with E-state index in [1.54, 1.807) is 18.4 Å². The van der Waals surface area contributed by atoms with E-state index in [0.29, 0.717) is 0 Å². The number of hydrogen-bond acceptors (Lipinski definition) is 3. The minimum absolute atomic E-state index is 0.137. The molecule has 2 saturated heterocycles. The van der Waals surface area contributed by atoms with E-state index in [9.17, 15) is 4.39 Å². The van der Waals surface area contributed by atoms with Crippen LogP contribution >= 0.6 is 0 Å². The van der Waals surface area contributed by atoms with E-state index in [1.807, 2.05) is 18.2 Å². The number of likely N-dealkylation sites (tertiary alicyclic amines) is 2. The van der Waals surface area contributed by atoms with Gasteiger partial charge >= 0.3 is 0 Å². The van der Waals surface area contributed by atoms with Gasteiger partial charge in [-0.2, -0.15) is 0 Å². The van der Waals surface area contributed by atoms with Crippen molar-refractivity contribution in [2.24, 2.45) is 11.8 Å². The van der Waals surface area contributed by atoms with Crippen LogP contribution in [0.25, 0.3) is 0 Å². The monoisotopic (exact) mass is 300 g/mol. The third-order valence-electron chi connectivity index (χ3n) is 4.89. The van der Waals surface area contributed by atoms with Gasteiger partial charge in [0.15, 0.2) is 0 Å². The summed E-state index contributed by atoms with van der Waals surface area (Å²) in [5.74, 6) is 2.39. The van der Waals surface area contributed by atoms with Gasteiger partial charge in [-0.15, -0.1) is 0 Å². The second-order valence-corrected chi connectivity index (χ2v) is 6.62. The first-order valence-corrected chi connectivity index (χ1v) is 7.98. The lowest BCUT2D eigenvalue weighted by molar-refractivity contribution is 0.234. The molecule has 4 heteroatoms. The molecule has 0 amide bonds. The Bertz CT molecular complexity index is 614. The first kappa shape index (κ1) is 14.0. The highest BCUT2D eigenvalue weighted by molar-refractivity contribution is 5.16. The van der Waals surface area contributed by atoms with Gasteiger partial charge in [0.1, 0.15) is 11.6 Å². The number of fused-ring (bicyclic) bond motifs is 1. The SMILES string of the molecule is Fc1cccc(CN2C[C@@H]3CN(Cc4ccco4)C[C@@H]3C2)c1. The van der Waals surface area contributed by atoms with Crippen LogP contribution in [0.5, 0.6) is 0 Å². The molecule has 2 fully saturated rings. The fraction of sp³-hybridized carbons (Fsp3) is 0.444. The van der Waals surface area contributed by atoms with E-state index in [0.717, 1.165) is 62.4 Å². The minimum Gasteiger partial charge on any atom is -0.468 e. The standard InChI is InChI=1S/C18H21FN2O/c19-17-4-1-3-14(7-17)8-20-9-15-11-21(12-16(15)10-20)13-18-5-2-6-22-18/h1-7,15-16H,8-13H2/t15-,16+. The number of hydrogen-bond donors (Lipinski definition) is 0. The molecule has 2 aliphatic heterocycles. The number of benzene rings is 1. The minimum atomic E-state index is -0.137. The highest BCUT2D eigenvalue weighted by Crippen LogP contribution is 2.32. The topological polar surface area (TPSA) is 19.6 Å². The van der Waals surface area contributed by atoms with Crippen molar-refractivity contribution in [1.29, 1.82) is 0 Å². The Hall–Kier alpha value is -1.65. The molecule has 1 aromatic carbocycles. The number of nitrogens with zero attached hydrogens (tertiary/aromatic N) is 2. The fourth-order valence-electron chi connectivity index (χ4n) is 3.96. The van der Waals surface area contributed by atoms with Gasteiger partial charge in [-0.05, 0) is 41.7 Å². The molecule has 0 aliphatic carbocycles. The van der Waals surface area contributed by atoms with Gasteiger partial charge in [-0.1, -0.05) is 12.1 Å². The van der Waals surface area contributed by atoms with Crippen molar-refractivity contribution >= 4 is 0 Å². The van der Waals surface area contributed by atoms with Gasteiger partial charge in [-0.3, -0.25) is 9.80 Å². The van der Waals surface area contributed by atoms with Gasteiger partial charge in [0, 0.05) is 32.7 Å². The maximum atomic E-state index is 13.3. The van der Waals surface area contributed by atoms with Crippen LogP contribution in [0.4, 0.5) is 4.39 Å². The van der Waals surface area contributed by atoms with Crippen LogP contribution in [0.15, 0.2) is 47.1 Å².